The summed E-state index contributed by atoms with van der Waals surface area (Å²) in [6.45, 7) is 2.29. The topological polar surface area (TPSA) is 78.4 Å². The maximum absolute atomic E-state index is 11.6. The molecule has 0 aliphatic rings. The van der Waals surface area contributed by atoms with E-state index in [1.54, 1.807) is 6.07 Å². The molecule has 0 aliphatic carbocycles. The molecular formula is C13H17ClN2O3. The monoisotopic (exact) mass is 284 g/mol. The Morgan fingerprint density at radius 2 is 2.05 bits per heavy atom. The number of amides is 2. The van der Waals surface area contributed by atoms with Crippen LogP contribution in [-0.4, -0.2) is 23.7 Å². The van der Waals surface area contributed by atoms with Crippen molar-refractivity contribution in [3.8, 4) is 0 Å². The summed E-state index contributed by atoms with van der Waals surface area (Å²) in [5.74, 6) is -0.823. The average Bonchev–Trinajstić information content (AvgIpc) is 2.33. The highest BCUT2D eigenvalue weighted by Gasteiger charge is 2.07. The van der Waals surface area contributed by atoms with Gasteiger partial charge in [0.05, 0.1) is 10.7 Å². The Morgan fingerprint density at radius 1 is 1.32 bits per heavy atom. The van der Waals surface area contributed by atoms with Gasteiger partial charge in [-0.25, -0.2) is 4.79 Å². The van der Waals surface area contributed by atoms with Crippen molar-refractivity contribution < 1.29 is 14.7 Å². The quantitative estimate of drug-likeness (QED) is 0.703. The van der Waals surface area contributed by atoms with Gasteiger partial charge in [-0.3, -0.25) is 4.79 Å². The van der Waals surface area contributed by atoms with Crippen molar-refractivity contribution in [3.63, 3.8) is 0 Å². The number of aryl methyl sites for hydroxylation is 1. The molecule has 19 heavy (non-hydrogen) atoms. The Hall–Kier alpha value is -1.75. The number of carbonyl (C=O) groups excluding carboxylic acids is 1. The van der Waals surface area contributed by atoms with Gasteiger partial charge in [0.25, 0.3) is 0 Å². The van der Waals surface area contributed by atoms with Gasteiger partial charge in [0.15, 0.2) is 0 Å². The lowest BCUT2D eigenvalue weighted by Crippen LogP contribution is -2.30. The van der Waals surface area contributed by atoms with Crippen LogP contribution >= 0.6 is 11.6 Å². The Morgan fingerprint density at radius 3 is 2.68 bits per heavy atom. The molecule has 1 aromatic rings. The van der Waals surface area contributed by atoms with E-state index >= 15 is 0 Å². The number of urea groups is 1. The molecule has 0 spiro atoms. The number of unbranched alkanes of at least 4 members (excludes halogenated alkanes) is 1. The van der Waals surface area contributed by atoms with Gasteiger partial charge in [-0.05, 0) is 31.4 Å². The lowest BCUT2D eigenvalue weighted by molar-refractivity contribution is -0.137. The van der Waals surface area contributed by atoms with Crippen LogP contribution in [0.1, 0.15) is 24.8 Å². The van der Waals surface area contributed by atoms with Crippen molar-refractivity contribution in [2.24, 2.45) is 0 Å². The fourth-order valence-corrected chi connectivity index (χ4v) is 1.82. The van der Waals surface area contributed by atoms with Crippen LogP contribution in [0.3, 0.4) is 0 Å². The number of para-hydroxylation sites is 1. The lowest BCUT2D eigenvalue weighted by Gasteiger charge is -2.11. The third-order valence-corrected chi connectivity index (χ3v) is 2.88. The van der Waals surface area contributed by atoms with Crippen molar-refractivity contribution in [2.45, 2.75) is 26.2 Å². The molecular weight excluding hydrogens is 268 g/mol. The molecule has 0 saturated heterocycles. The zero-order valence-electron chi connectivity index (χ0n) is 10.7. The maximum atomic E-state index is 11.6. The second kappa shape index (κ2) is 7.63. The summed E-state index contributed by atoms with van der Waals surface area (Å²) in [5.41, 5.74) is 1.47. The summed E-state index contributed by atoms with van der Waals surface area (Å²) in [7, 11) is 0. The van der Waals surface area contributed by atoms with Crippen molar-refractivity contribution >= 4 is 29.3 Å². The SMILES string of the molecule is Cc1cccc(Cl)c1NC(=O)NCCCCC(=O)O. The number of benzene rings is 1. The van der Waals surface area contributed by atoms with Crippen molar-refractivity contribution in [1.82, 2.24) is 5.32 Å². The van der Waals surface area contributed by atoms with Crippen LogP contribution in [0.15, 0.2) is 18.2 Å². The molecule has 1 rings (SSSR count). The minimum atomic E-state index is -0.823. The van der Waals surface area contributed by atoms with Gasteiger partial charge < -0.3 is 15.7 Å². The molecule has 1 aromatic carbocycles. The predicted molar refractivity (Wildman–Crippen MR) is 74.7 cm³/mol. The molecule has 2 amide bonds. The molecule has 0 aliphatic heterocycles. The van der Waals surface area contributed by atoms with Crippen molar-refractivity contribution in [3.05, 3.63) is 28.8 Å². The van der Waals surface area contributed by atoms with E-state index in [-0.39, 0.29) is 12.5 Å². The minimum absolute atomic E-state index is 0.118. The first-order valence-electron chi connectivity index (χ1n) is 6.02. The number of halogens is 1. The zero-order valence-corrected chi connectivity index (χ0v) is 11.5. The molecule has 0 radical (unpaired) electrons. The molecule has 5 nitrogen and oxygen atoms in total. The molecule has 3 N–H and O–H groups in total. The number of carboxylic acids is 1. The highest BCUT2D eigenvalue weighted by atomic mass is 35.5. The van der Waals surface area contributed by atoms with E-state index in [1.807, 2.05) is 19.1 Å². The number of carboxylic acid groups (broad SMARTS) is 1. The van der Waals surface area contributed by atoms with E-state index in [1.165, 1.54) is 0 Å². The second-order valence-electron chi connectivity index (χ2n) is 4.16. The van der Waals surface area contributed by atoms with Gasteiger partial charge in [-0.2, -0.15) is 0 Å². The van der Waals surface area contributed by atoms with Gasteiger partial charge in [0.1, 0.15) is 0 Å². The predicted octanol–water partition coefficient (Wildman–Crippen LogP) is 3.02. The molecule has 6 heteroatoms. The summed E-state index contributed by atoms with van der Waals surface area (Å²) in [6.07, 6.45) is 1.29. The molecule has 0 unspecified atom stereocenters. The van der Waals surface area contributed by atoms with Gasteiger partial charge in [0, 0.05) is 13.0 Å². The first-order valence-corrected chi connectivity index (χ1v) is 6.40. The Balaban J connectivity index is 2.33. The van der Waals surface area contributed by atoms with Crippen LogP contribution in [0, 0.1) is 6.92 Å². The first-order chi connectivity index (χ1) is 9.00. The van der Waals surface area contributed by atoms with Gasteiger partial charge in [-0.1, -0.05) is 23.7 Å². The smallest absolute Gasteiger partial charge is 0.319 e. The van der Waals surface area contributed by atoms with E-state index in [0.717, 1.165) is 5.56 Å². The number of rotatable bonds is 6. The second-order valence-corrected chi connectivity index (χ2v) is 4.57. The first kappa shape index (κ1) is 15.3. The van der Waals surface area contributed by atoms with Crippen molar-refractivity contribution in [2.75, 3.05) is 11.9 Å². The van der Waals surface area contributed by atoms with Crippen LogP contribution in [0.4, 0.5) is 10.5 Å². The number of anilines is 1. The largest absolute Gasteiger partial charge is 0.481 e. The molecule has 0 fully saturated rings. The Kier molecular flexibility index (Phi) is 6.15. The molecule has 0 saturated carbocycles. The molecule has 0 bridgehead atoms. The number of carbonyl (C=O) groups is 2. The Labute approximate surface area is 117 Å². The third kappa shape index (κ3) is 5.61. The molecule has 104 valence electrons. The fraction of sp³-hybridized carbons (Fsp3) is 0.385. The summed E-state index contributed by atoms with van der Waals surface area (Å²) in [5, 5.41) is 14.3. The average molecular weight is 285 g/mol. The number of hydrogen-bond acceptors (Lipinski definition) is 2. The van der Waals surface area contributed by atoms with Crippen LogP contribution in [0.25, 0.3) is 0 Å². The van der Waals surface area contributed by atoms with Crippen molar-refractivity contribution in [1.29, 1.82) is 0 Å². The minimum Gasteiger partial charge on any atom is -0.481 e. The summed E-state index contributed by atoms with van der Waals surface area (Å²) in [6, 6.07) is 5.03. The van der Waals surface area contributed by atoms with E-state index in [2.05, 4.69) is 10.6 Å². The standard InChI is InChI=1S/C13H17ClN2O3/c1-9-5-4-6-10(14)12(9)16-13(19)15-8-3-2-7-11(17)18/h4-6H,2-3,7-8H2,1H3,(H,17,18)(H2,15,16,19). The summed E-state index contributed by atoms with van der Waals surface area (Å²) in [4.78, 5) is 21.9. The van der Waals surface area contributed by atoms with Gasteiger partial charge >= 0.3 is 12.0 Å². The summed E-state index contributed by atoms with van der Waals surface area (Å²) < 4.78 is 0. The fourth-order valence-electron chi connectivity index (χ4n) is 1.55. The third-order valence-electron chi connectivity index (χ3n) is 2.56. The van der Waals surface area contributed by atoms with Crippen LogP contribution in [0.5, 0.6) is 0 Å². The van der Waals surface area contributed by atoms with Crippen LogP contribution in [0.2, 0.25) is 5.02 Å². The lowest BCUT2D eigenvalue weighted by atomic mass is 10.2. The Bertz CT molecular complexity index is 443. The highest BCUT2D eigenvalue weighted by Crippen LogP contribution is 2.24. The van der Waals surface area contributed by atoms with Gasteiger partial charge in [0.2, 0.25) is 0 Å². The normalized spacial score (nSPS) is 10.0. The highest BCUT2D eigenvalue weighted by molar-refractivity contribution is 6.33. The zero-order chi connectivity index (χ0) is 14.3. The molecule has 0 aromatic heterocycles. The molecule has 0 atom stereocenters. The van der Waals surface area contributed by atoms with E-state index < -0.39 is 5.97 Å². The van der Waals surface area contributed by atoms with E-state index in [9.17, 15) is 9.59 Å². The number of hydrogen-bond donors (Lipinski definition) is 3. The van der Waals surface area contributed by atoms with Crippen LogP contribution in [-0.2, 0) is 4.79 Å². The van der Waals surface area contributed by atoms with Crippen LogP contribution < -0.4 is 10.6 Å². The maximum Gasteiger partial charge on any atom is 0.319 e. The van der Waals surface area contributed by atoms with E-state index in [0.29, 0.717) is 30.1 Å². The molecule has 0 heterocycles. The summed E-state index contributed by atoms with van der Waals surface area (Å²) >= 11 is 5.98. The van der Waals surface area contributed by atoms with E-state index in [4.69, 9.17) is 16.7 Å². The number of nitrogens with one attached hydrogen (secondary N) is 2. The van der Waals surface area contributed by atoms with Gasteiger partial charge in [-0.15, -0.1) is 0 Å². The number of aliphatic carboxylic acids is 1.